The van der Waals surface area contributed by atoms with Crippen LogP contribution in [0.5, 0.6) is 0 Å². The van der Waals surface area contributed by atoms with Crippen LogP contribution >= 0.6 is 35.3 Å². The van der Waals surface area contributed by atoms with Gasteiger partial charge in [-0.05, 0) is 33.8 Å². The molecule has 0 saturated heterocycles. The fourth-order valence-corrected chi connectivity index (χ4v) is 2.94. The van der Waals surface area contributed by atoms with E-state index in [2.05, 4.69) is 34.5 Å². The molecule has 0 fully saturated rings. The molecule has 0 saturated carbocycles. The molecule has 2 heterocycles. The van der Waals surface area contributed by atoms with Gasteiger partial charge in [-0.2, -0.15) is 0 Å². The summed E-state index contributed by atoms with van der Waals surface area (Å²) in [5, 5.41) is 7.77. The van der Waals surface area contributed by atoms with Crippen molar-refractivity contribution in [3.8, 4) is 0 Å². The Morgan fingerprint density at radius 1 is 1.30 bits per heavy atom. The number of halogens is 1. The highest BCUT2D eigenvalue weighted by atomic mass is 127. The molecule has 23 heavy (non-hydrogen) atoms. The summed E-state index contributed by atoms with van der Waals surface area (Å²) in [7, 11) is 0. The molecule has 2 rings (SSSR count). The molecule has 0 atom stereocenters. The second kappa shape index (κ2) is 9.92. The van der Waals surface area contributed by atoms with Crippen molar-refractivity contribution in [3.63, 3.8) is 0 Å². The Morgan fingerprint density at radius 2 is 2.09 bits per heavy atom. The van der Waals surface area contributed by atoms with Crippen molar-refractivity contribution in [1.82, 2.24) is 15.6 Å². The third-order valence-corrected chi connectivity index (χ3v) is 4.17. The molecule has 0 spiro atoms. The van der Waals surface area contributed by atoms with Crippen LogP contribution < -0.4 is 10.6 Å². The van der Waals surface area contributed by atoms with Gasteiger partial charge in [-0.25, -0.2) is 9.98 Å². The standard InChI is InChI=1S/C16H24N4OS.HI/c1-5-17-16(18-7-6-15-19-9-12(3)22-15)20-10-14-8-11(2)21-13(14)4;/h8-9H,5-7,10H2,1-4H3,(H2,17,18,20);1H. The first-order chi connectivity index (χ1) is 10.6. The van der Waals surface area contributed by atoms with Crippen LogP contribution in [-0.4, -0.2) is 24.0 Å². The predicted octanol–water partition coefficient (Wildman–Crippen LogP) is 3.58. The first kappa shape index (κ1) is 20.0. The average Bonchev–Trinajstić information content (AvgIpc) is 3.01. The summed E-state index contributed by atoms with van der Waals surface area (Å²) in [6, 6.07) is 2.04. The zero-order valence-electron chi connectivity index (χ0n) is 14.1. The fourth-order valence-electron chi connectivity index (χ4n) is 2.15. The highest BCUT2D eigenvalue weighted by Gasteiger charge is 2.05. The molecule has 0 aliphatic heterocycles. The van der Waals surface area contributed by atoms with Gasteiger partial charge in [0.2, 0.25) is 0 Å². The van der Waals surface area contributed by atoms with Crippen LogP contribution in [0.4, 0.5) is 0 Å². The number of thiazole rings is 1. The molecule has 0 radical (unpaired) electrons. The van der Waals surface area contributed by atoms with Gasteiger partial charge < -0.3 is 15.1 Å². The van der Waals surface area contributed by atoms with E-state index < -0.39 is 0 Å². The van der Waals surface area contributed by atoms with E-state index in [1.165, 1.54) is 4.88 Å². The number of hydrogen-bond donors (Lipinski definition) is 2. The van der Waals surface area contributed by atoms with Gasteiger partial charge in [0.05, 0.1) is 11.6 Å². The molecular weight excluding hydrogens is 423 g/mol. The maximum atomic E-state index is 5.53. The number of nitrogens with one attached hydrogen (secondary N) is 2. The summed E-state index contributed by atoms with van der Waals surface area (Å²) in [5.74, 6) is 2.70. The lowest BCUT2D eigenvalue weighted by Gasteiger charge is -2.10. The van der Waals surface area contributed by atoms with Gasteiger partial charge in [-0.1, -0.05) is 0 Å². The van der Waals surface area contributed by atoms with Gasteiger partial charge in [0, 0.05) is 36.1 Å². The summed E-state index contributed by atoms with van der Waals surface area (Å²) in [5.41, 5.74) is 1.13. The normalized spacial score (nSPS) is 11.2. The van der Waals surface area contributed by atoms with Crippen molar-refractivity contribution in [3.05, 3.63) is 39.2 Å². The molecule has 0 aliphatic rings. The SMILES string of the molecule is CCNC(=NCc1cc(C)oc1C)NCCc1ncc(C)s1.I. The Balaban J connectivity index is 0.00000264. The van der Waals surface area contributed by atoms with E-state index in [4.69, 9.17) is 4.42 Å². The maximum absolute atomic E-state index is 5.53. The van der Waals surface area contributed by atoms with Crippen molar-refractivity contribution < 1.29 is 4.42 Å². The van der Waals surface area contributed by atoms with E-state index in [1.807, 2.05) is 26.1 Å². The summed E-state index contributed by atoms with van der Waals surface area (Å²) >= 11 is 1.74. The van der Waals surface area contributed by atoms with Gasteiger partial charge >= 0.3 is 0 Å². The van der Waals surface area contributed by atoms with E-state index in [9.17, 15) is 0 Å². The topological polar surface area (TPSA) is 62.5 Å². The smallest absolute Gasteiger partial charge is 0.191 e. The van der Waals surface area contributed by atoms with Crippen LogP contribution in [-0.2, 0) is 13.0 Å². The van der Waals surface area contributed by atoms with Crippen molar-refractivity contribution in [2.75, 3.05) is 13.1 Å². The fraction of sp³-hybridized carbons (Fsp3) is 0.500. The minimum Gasteiger partial charge on any atom is -0.466 e. The van der Waals surface area contributed by atoms with Crippen molar-refractivity contribution >= 4 is 41.3 Å². The molecule has 0 unspecified atom stereocenters. The highest BCUT2D eigenvalue weighted by molar-refractivity contribution is 14.0. The number of aryl methyl sites for hydroxylation is 3. The van der Waals surface area contributed by atoms with Crippen LogP contribution in [0, 0.1) is 20.8 Å². The van der Waals surface area contributed by atoms with Gasteiger partial charge in [-0.3, -0.25) is 0 Å². The van der Waals surface area contributed by atoms with Gasteiger partial charge in [0.15, 0.2) is 5.96 Å². The second-order valence-electron chi connectivity index (χ2n) is 5.18. The summed E-state index contributed by atoms with van der Waals surface area (Å²) in [6.45, 7) is 10.4. The Labute approximate surface area is 159 Å². The van der Waals surface area contributed by atoms with Gasteiger partial charge in [-0.15, -0.1) is 35.3 Å². The van der Waals surface area contributed by atoms with Gasteiger partial charge in [0.1, 0.15) is 11.5 Å². The second-order valence-corrected chi connectivity index (χ2v) is 6.49. The Bertz CT molecular complexity index is 636. The predicted molar refractivity (Wildman–Crippen MR) is 107 cm³/mol. The maximum Gasteiger partial charge on any atom is 0.191 e. The first-order valence-corrected chi connectivity index (χ1v) is 8.39. The van der Waals surface area contributed by atoms with E-state index in [-0.39, 0.29) is 24.0 Å². The largest absolute Gasteiger partial charge is 0.466 e. The number of rotatable bonds is 6. The zero-order chi connectivity index (χ0) is 15.9. The summed E-state index contributed by atoms with van der Waals surface area (Å²) in [4.78, 5) is 10.2. The van der Waals surface area contributed by atoms with E-state index in [0.29, 0.717) is 6.54 Å². The molecule has 0 bridgehead atoms. The van der Waals surface area contributed by atoms with Crippen LogP contribution in [0.2, 0.25) is 0 Å². The average molecular weight is 448 g/mol. The third-order valence-electron chi connectivity index (χ3n) is 3.20. The van der Waals surface area contributed by atoms with Crippen molar-refractivity contribution in [2.24, 2.45) is 4.99 Å². The molecular formula is C16H25IN4OS. The molecule has 2 aromatic heterocycles. The lowest BCUT2D eigenvalue weighted by atomic mass is 10.2. The van der Waals surface area contributed by atoms with E-state index in [0.717, 1.165) is 47.6 Å². The Kier molecular flexibility index (Phi) is 8.60. The molecule has 128 valence electrons. The number of aromatic nitrogens is 1. The van der Waals surface area contributed by atoms with E-state index >= 15 is 0 Å². The molecule has 0 aromatic carbocycles. The van der Waals surface area contributed by atoms with Gasteiger partial charge in [0.25, 0.3) is 0 Å². The van der Waals surface area contributed by atoms with E-state index in [1.54, 1.807) is 11.3 Å². The Morgan fingerprint density at radius 3 is 2.65 bits per heavy atom. The molecule has 2 aromatic rings. The highest BCUT2D eigenvalue weighted by Crippen LogP contribution is 2.14. The minimum absolute atomic E-state index is 0. The molecule has 0 amide bonds. The van der Waals surface area contributed by atoms with Crippen molar-refractivity contribution in [1.29, 1.82) is 0 Å². The number of nitrogens with zero attached hydrogens (tertiary/aromatic N) is 2. The third kappa shape index (κ3) is 6.50. The molecule has 7 heteroatoms. The number of aliphatic imine (C=N–C) groups is 1. The summed E-state index contributed by atoms with van der Waals surface area (Å²) in [6.07, 6.45) is 2.83. The molecule has 2 N–H and O–H groups in total. The van der Waals surface area contributed by atoms with Crippen LogP contribution in [0.3, 0.4) is 0 Å². The van der Waals surface area contributed by atoms with Crippen LogP contribution in [0.15, 0.2) is 21.7 Å². The lowest BCUT2D eigenvalue weighted by molar-refractivity contribution is 0.501. The number of hydrogen-bond acceptors (Lipinski definition) is 4. The lowest BCUT2D eigenvalue weighted by Crippen LogP contribution is -2.38. The minimum atomic E-state index is 0. The number of furan rings is 1. The van der Waals surface area contributed by atoms with Crippen molar-refractivity contribution in [2.45, 2.75) is 40.7 Å². The molecule has 5 nitrogen and oxygen atoms in total. The number of guanidine groups is 1. The quantitative estimate of drug-likeness (QED) is 0.403. The first-order valence-electron chi connectivity index (χ1n) is 7.58. The zero-order valence-corrected chi connectivity index (χ0v) is 17.2. The molecule has 0 aliphatic carbocycles. The monoisotopic (exact) mass is 448 g/mol. The van der Waals surface area contributed by atoms with Crippen LogP contribution in [0.25, 0.3) is 0 Å². The summed E-state index contributed by atoms with van der Waals surface area (Å²) < 4.78 is 5.53. The van der Waals surface area contributed by atoms with Crippen LogP contribution in [0.1, 0.15) is 33.9 Å². The Hall–Kier alpha value is -1.09.